The van der Waals surface area contributed by atoms with E-state index in [1.54, 1.807) is 0 Å². The number of ether oxygens (including phenoxy) is 1. The van der Waals surface area contributed by atoms with Crippen molar-refractivity contribution >= 4 is 19.7 Å². The zero-order chi connectivity index (χ0) is 52.2. The molecule has 2 N–H and O–H groups in total. The summed E-state index contributed by atoms with van der Waals surface area (Å²) in [6.45, 7) is 6.81. The SMILES string of the molecule is CC\C=C/C=C/C=C/C=C\C=C\C=C\CCCCCC(=O)OC(/C=C/CCCCCCCCCCCCC)C(COP(=O)(O)OCC[N+](C)(C)C)NC(=O)CCCCCCCCC/C=C\CCCCCC. The lowest BCUT2D eigenvalue weighted by Gasteiger charge is -2.27. The van der Waals surface area contributed by atoms with Gasteiger partial charge in [0.2, 0.25) is 5.91 Å². The number of nitrogens with one attached hydrogen (secondary N) is 1. The van der Waals surface area contributed by atoms with E-state index in [4.69, 9.17) is 13.8 Å². The summed E-state index contributed by atoms with van der Waals surface area (Å²) in [6.07, 6.45) is 66.8. The number of carbonyl (C=O) groups is 2. The number of unbranched alkanes of at least 4 members (excludes halogenated alkanes) is 25. The van der Waals surface area contributed by atoms with Gasteiger partial charge in [-0.05, 0) is 76.7 Å². The lowest BCUT2D eigenvalue weighted by atomic mass is 10.0. The van der Waals surface area contributed by atoms with Crippen LogP contribution in [0.4, 0.5) is 0 Å². The highest BCUT2D eigenvalue weighted by Gasteiger charge is 2.30. The number of amides is 1. The molecule has 0 rings (SSSR count). The summed E-state index contributed by atoms with van der Waals surface area (Å²) in [5.74, 6) is -0.566. The second-order valence-corrected chi connectivity index (χ2v) is 21.7. The van der Waals surface area contributed by atoms with E-state index in [2.05, 4.69) is 50.4 Å². The zero-order valence-corrected chi connectivity index (χ0v) is 47.3. The monoisotopic (exact) mass is 1010 g/mol. The number of rotatable bonds is 50. The van der Waals surface area contributed by atoms with E-state index >= 15 is 0 Å². The first-order valence-electron chi connectivity index (χ1n) is 28.6. The van der Waals surface area contributed by atoms with Gasteiger partial charge in [0.15, 0.2) is 0 Å². The smallest absolute Gasteiger partial charge is 0.456 e. The number of esters is 1. The predicted octanol–water partition coefficient (Wildman–Crippen LogP) is 17.2. The number of phosphoric ester groups is 1. The molecule has 0 aliphatic heterocycles. The second kappa shape index (κ2) is 50.5. The van der Waals surface area contributed by atoms with Gasteiger partial charge in [-0.1, -0.05) is 234 Å². The summed E-state index contributed by atoms with van der Waals surface area (Å²) >= 11 is 0. The van der Waals surface area contributed by atoms with Crippen LogP contribution < -0.4 is 5.32 Å². The summed E-state index contributed by atoms with van der Waals surface area (Å²) in [5, 5.41) is 3.03. The van der Waals surface area contributed by atoms with Gasteiger partial charge in [0, 0.05) is 12.8 Å². The molecule has 9 nitrogen and oxygen atoms in total. The van der Waals surface area contributed by atoms with Crippen LogP contribution in [-0.4, -0.2) is 74.3 Å². The Balaban J connectivity index is 5.49. The van der Waals surface area contributed by atoms with Crippen LogP contribution in [0.3, 0.4) is 0 Å². The fourth-order valence-electron chi connectivity index (χ4n) is 7.73. The lowest BCUT2D eigenvalue weighted by Crippen LogP contribution is -2.47. The van der Waals surface area contributed by atoms with Gasteiger partial charge in [-0.15, -0.1) is 0 Å². The van der Waals surface area contributed by atoms with Gasteiger partial charge >= 0.3 is 13.8 Å². The molecule has 0 heterocycles. The topological polar surface area (TPSA) is 111 Å². The highest BCUT2D eigenvalue weighted by molar-refractivity contribution is 7.47. The maximum atomic E-state index is 13.5. The molecule has 0 bridgehead atoms. The van der Waals surface area contributed by atoms with Crippen molar-refractivity contribution in [2.24, 2.45) is 0 Å². The first-order chi connectivity index (χ1) is 34.4. The fourth-order valence-corrected chi connectivity index (χ4v) is 8.47. The third-order valence-electron chi connectivity index (χ3n) is 12.2. The molecular formula is C61H108N2O7P+. The van der Waals surface area contributed by atoms with E-state index < -0.39 is 20.0 Å². The average Bonchev–Trinajstić information content (AvgIpc) is 3.33. The Morgan fingerprint density at radius 2 is 0.915 bits per heavy atom. The number of nitrogens with zero attached hydrogens (tertiary/aromatic N) is 1. The van der Waals surface area contributed by atoms with Gasteiger partial charge in [0.1, 0.15) is 19.3 Å². The summed E-state index contributed by atoms with van der Waals surface area (Å²) in [5.41, 5.74) is 0. The second-order valence-electron chi connectivity index (χ2n) is 20.2. The molecule has 0 saturated heterocycles. The van der Waals surface area contributed by atoms with Crippen molar-refractivity contribution in [2.75, 3.05) is 40.9 Å². The normalized spacial score (nSPS) is 14.5. The van der Waals surface area contributed by atoms with E-state index in [0.717, 1.165) is 77.0 Å². The Hall–Kier alpha value is -3.07. The lowest BCUT2D eigenvalue weighted by molar-refractivity contribution is -0.870. The van der Waals surface area contributed by atoms with Crippen LogP contribution in [0.5, 0.6) is 0 Å². The Labute approximate surface area is 437 Å². The molecule has 3 unspecified atom stereocenters. The molecule has 0 saturated carbocycles. The number of hydrogen-bond acceptors (Lipinski definition) is 6. The molecule has 10 heteroatoms. The van der Waals surface area contributed by atoms with Gasteiger partial charge in [0.25, 0.3) is 0 Å². The van der Waals surface area contributed by atoms with Crippen LogP contribution in [0.2, 0.25) is 0 Å². The molecule has 0 aliphatic rings. The fraction of sp³-hybridized carbons (Fsp3) is 0.705. The predicted molar refractivity (Wildman–Crippen MR) is 304 cm³/mol. The van der Waals surface area contributed by atoms with E-state index in [9.17, 15) is 19.0 Å². The first kappa shape index (κ1) is 67.9. The first-order valence-corrected chi connectivity index (χ1v) is 30.1. The maximum absolute atomic E-state index is 13.5. The molecule has 0 aromatic rings. The Morgan fingerprint density at radius 3 is 1.42 bits per heavy atom. The van der Waals surface area contributed by atoms with Gasteiger partial charge in [0.05, 0.1) is 33.8 Å². The van der Waals surface area contributed by atoms with Crippen LogP contribution in [0.1, 0.15) is 226 Å². The van der Waals surface area contributed by atoms with Crippen LogP contribution >= 0.6 is 7.82 Å². The van der Waals surface area contributed by atoms with Crippen molar-refractivity contribution in [3.63, 3.8) is 0 Å². The maximum Gasteiger partial charge on any atom is 0.472 e. The summed E-state index contributed by atoms with van der Waals surface area (Å²) < 4.78 is 30.6. The molecule has 71 heavy (non-hydrogen) atoms. The van der Waals surface area contributed by atoms with Crippen LogP contribution in [0.25, 0.3) is 0 Å². The van der Waals surface area contributed by atoms with E-state index in [1.807, 2.05) is 94.1 Å². The molecule has 0 radical (unpaired) electrons. The highest BCUT2D eigenvalue weighted by atomic mass is 31.2. The van der Waals surface area contributed by atoms with E-state index in [0.29, 0.717) is 23.9 Å². The quantitative estimate of drug-likeness (QED) is 0.0156. The van der Waals surface area contributed by atoms with Gasteiger partial charge in [-0.2, -0.15) is 0 Å². The van der Waals surface area contributed by atoms with Gasteiger partial charge in [-0.3, -0.25) is 18.6 Å². The number of carbonyl (C=O) groups excluding carboxylic acids is 2. The van der Waals surface area contributed by atoms with Gasteiger partial charge in [-0.25, -0.2) is 4.57 Å². The van der Waals surface area contributed by atoms with Crippen molar-refractivity contribution in [3.8, 4) is 0 Å². The molecule has 0 aromatic heterocycles. The highest BCUT2D eigenvalue weighted by Crippen LogP contribution is 2.43. The molecule has 3 atom stereocenters. The molecule has 0 aromatic carbocycles. The van der Waals surface area contributed by atoms with E-state index in [-0.39, 0.29) is 31.5 Å². The minimum atomic E-state index is -4.46. The van der Waals surface area contributed by atoms with Gasteiger partial charge < -0.3 is 19.4 Å². The molecular weight excluding hydrogens is 904 g/mol. The summed E-state index contributed by atoms with van der Waals surface area (Å²) in [7, 11) is 1.45. The van der Waals surface area contributed by atoms with Crippen molar-refractivity contribution in [2.45, 2.75) is 238 Å². The third-order valence-corrected chi connectivity index (χ3v) is 13.2. The molecule has 0 fully saturated rings. The van der Waals surface area contributed by atoms with Crippen molar-refractivity contribution in [1.82, 2.24) is 5.32 Å². The Morgan fingerprint density at radius 1 is 0.507 bits per heavy atom. The third kappa shape index (κ3) is 51.6. The summed E-state index contributed by atoms with van der Waals surface area (Å²) in [4.78, 5) is 37.6. The summed E-state index contributed by atoms with van der Waals surface area (Å²) in [6, 6.07) is -0.873. The minimum Gasteiger partial charge on any atom is -0.456 e. The number of hydrogen-bond donors (Lipinski definition) is 2. The van der Waals surface area contributed by atoms with Crippen molar-refractivity contribution < 1.29 is 37.3 Å². The van der Waals surface area contributed by atoms with Crippen LogP contribution in [-0.2, 0) is 27.9 Å². The number of quaternary nitrogens is 1. The number of likely N-dealkylation sites (N-methyl/N-ethyl adjacent to an activating group) is 1. The largest absolute Gasteiger partial charge is 0.472 e. The standard InChI is InChI=1S/C61H107N2O7P/c1-7-10-13-16-19-22-25-28-30-31-33-36-39-42-45-48-51-54-61(65)70-59(52-49-46-43-40-37-34-27-24-21-18-15-12-9-3)58(57-69-71(66,67)68-56-55-63(4,5)6)62-60(64)53-50-47-44-41-38-35-32-29-26-23-20-17-14-11-8-2/h10,13,16,19,22-23,25-26,28,30-31,33,36,39,49,52,58-59H,7-9,11-12,14-15,17-18,20-21,24,27,29,32,34-35,37-38,40-48,50-51,53-57H2,1-6H3,(H-,62,64,66,67)/p+1/b13-10-,19-16+,25-22+,26-23-,30-28-,33-31+,39-36+,52-49+. The molecule has 1 amide bonds. The minimum absolute atomic E-state index is 0.0272. The van der Waals surface area contributed by atoms with Crippen molar-refractivity contribution in [3.05, 3.63) is 97.2 Å². The average molecular weight is 1010 g/mol. The number of phosphoric acid groups is 1. The Kier molecular flexibility index (Phi) is 48.3. The van der Waals surface area contributed by atoms with E-state index in [1.165, 1.54) is 109 Å². The zero-order valence-electron chi connectivity index (χ0n) is 46.4. The number of allylic oxidation sites excluding steroid dienone is 15. The molecule has 408 valence electrons. The molecule has 0 spiro atoms. The van der Waals surface area contributed by atoms with Crippen molar-refractivity contribution in [1.29, 1.82) is 0 Å². The van der Waals surface area contributed by atoms with Crippen LogP contribution in [0, 0.1) is 0 Å². The molecule has 0 aliphatic carbocycles. The van der Waals surface area contributed by atoms with Crippen LogP contribution in [0.15, 0.2) is 97.2 Å². The Bertz CT molecular complexity index is 1540.